The van der Waals surface area contributed by atoms with E-state index >= 15 is 0 Å². The lowest BCUT2D eigenvalue weighted by Gasteiger charge is -2.17. The maximum atomic E-state index is 4.11. The number of thiophene rings is 1. The topological polar surface area (TPSA) is 12.9 Å². The van der Waals surface area contributed by atoms with Crippen LogP contribution < -0.4 is 0 Å². The van der Waals surface area contributed by atoms with Crippen LogP contribution in [0.4, 0.5) is 0 Å². The zero-order chi connectivity index (χ0) is 13.9. The second-order valence-electron chi connectivity index (χ2n) is 5.63. The van der Waals surface area contributed by atoms with Crippen molar-refractivity contribution in [3.63, 3.8) is 0 Å². The van der Waals surface area contributed by atoms with Crippen molar-refractivity contribution in [1.29, 1.82) is 0 Å². The first-order valence-electron chi connectivity index (χ1n) is 7.41. The summed E-state index contributed by atoms with van der Waals surface area (Å²) in [4.78, 5) is 7.63. The van der Waals surface area contributed by atoms with Gasteiger partial charge in [0.05, 0.1) is 4.83 Å². The van der Waals surface area contributed by atoms with Crippen molar-refractivity contribution in [3.05, 3.63) is 51.5 Å². The summed E-state index contributed by atoms with van der Waals surface area (Å²) in [5.74, 6) is 0.472. The average Bonchev–Trinajstić information content (AvgIpc) is 2.77. The van der Waals surface area contributed by atoms with Crippen LogP contribution in [0.25, 0.3) is 0 Å². The van der Waals surface area contributed by atoms with E-state index in [2.05, 4.69) is 46.0 Å². The van der Waals surface area contributed by atoms with Crippen molar-refractivity contribution in [2.24, 2.45) is 0 Å². The van der Waals surface area contributed by atoms with E-state index in [0.717, 1.165) is 0 Å². The molecule has 0 aliphatic heterocycles. The Bertz CT molecular complexity index is 540. The van der Waals surface area contributed by atoms with Gasteiger partial charge in [-0.3, -0.25) is 4.98 Å². The summed E-state index contributed by atoms with van der Waals surface area (Å²) >= 11 is 5.94. The van der Waals surface area contributed by atoms with Crippen molar-refractivity contribution in [2.45, 2.75) is 49.8 Å². The van der Waals surface area contributed by atoms with Crippen LogP contribution in [0.1, 0.15) is 57.8 Å². The lowest BCUT2D eigenvalue weighted by Crippen LogP contribution is -2.00. The van der Waals surface area contributed by atoms with Gasteiger partial charge in [-0.25, -0.2) is 0 Å². The van der Waals surface area contributed by atoms with Crippen molar-refractivity contribution < 1.29 is 0 Å². The molecule has 3 heteroatoms. The third-order valence-corrected chi connectivity index (χ3v) is 7.12. The second kappa shape index (κ2) is 6.40. The molecule has 0 saturated carbocycles. The molecule has 0 radical (unpaired) electrons. The minimum absolute atomic E-state index is 0.404. The minimum Gasteiger partial charge on any atom is -0.265 e. The van der Waals surface area contributed by atoms with E-state index in [9.17, 15) is 0 Å². The molecule has 2 unspecified atom stereocenters. The molecule has 3 rings (SSSR count). The van der Waals surface area contributed by atoms with Gasteiger partial charge in [-0.1, -0.05) is 29.3 Å². The van der Waals surface area contributed by atoms with E-state index in [4.69, 9.17) is 0 Å². The average molecular weight is 350 g/mol. The fourth-order valence-electron chi connectivity index (χ4n) is 2.91. The number of aryl methyl sites for hydroxylation is 2. The number of pyridine rings is 1. The Hall–Kier alpha value is -0.670. The molecule has 0 aromatic carbocycles. The number of aromatic nitrogens is 1. The first-order chi connectivity index (χ1) is 9.75. The van der Waals surface area contributed by atoms with Gasteiger partial charge in [-0.05, 0) is 60.9 Å². The molecular weight excluding hydrogens is 330 g/mol. The fourth-order valence-corrected chi connectivity index (χ4v) is 4.97. The predicted molar refractivity (Wildman–Crippen MR) is 89.9 cm³/mol. The molecule has 0 saturated heterocycles. The SMILES string of the molecule is CC(c1ccncc1)C(Br)c1cc2c(s1)CCCCC2. The lowest BCUT2D eigenvalue weighted by molar-refractivity contribution is 0.711. The molecule has 2 atom stereocenters. The van der Waals surface area contributed by atoms with Crippen LogP contribution in [-0.2, 0) is 12.8 Å². The highest BCUT2D eigenvalue weighted by Gasteiger charge is 2.22. The zero-order valence-electron chi connectivity index (χ0n) is 11.8. The summed E-state index contributed by atoms with van der Waals surface area (Å²) in [6, 6.07) is 6.69. The zero-order valence-corrected chi connectivity index (χ0v) is 14.2. The Balaban J connectivity index is 1.82. The number of rotatable bonds is 3. The van der Waals surface area contributed by atoms with Gasteiger partial charge < -0.3 is 0 Å². The molecule has 106 valence electrons. The highest BCUT2D eigenvalue weighted by atomic mass is 79.9. The summed E-state index contributed by atoms with van der Waals surface area (Å²) in [7, 11) is 0. The molecule has 2 aromatic rings. The molecular formula is C17H20BrNS. The molecule has 1 aliphatic carbocycles. The molecule has 20 heavy (non-hydrogen) atoms. The Labute approximate surface area is 133 Å². The van der Waals surface area contributed by atoms with Crippen molar-refractivity contribution >= 4 is 27.3 Å². The standard InChI is InChI=1S/C17H20BrNS/c1-12(13-7-9-19-10-8-13)17(18)16-11-14-5-3-2-4-6-15(14)20-16/h7-12,17H,2-6H2,1H3. The molecule has 0 spiro atoms. The quantitative estimate of drug-likeness (QED) is 0.515. The Kier molecular flexibility index (Phi) is 4.57. The first kappa shape index (κ1) is 14.3. The maximum Gasteiger partial charge on any atom is 0.0555 e. The van der Waals surface area contributed by atoms with E-state index in [1.165, 1.54) is 42.5 Å². The van der Waals surface area contributed by atoms with Gasteiger partial charge in [0.25, 0.3) is 0 Å². The highest BCUT2D eigenvalue weighted by Crippen LogP contribution is 2.42. The molecule has 0 amide bonds. The van der Waals surface area contributed by atoms with Crippen molar-refractivity contribution in [2.75, 3.05) is 0 Å². The molecule has 2 aromatic heterocycles. The van der Waals surface area contributed by atoms with Gasteiger partial charge in [0.15, 0.2) is 0 Å². The van der Waals surface area contributed by atoms with Gasteiger partial charge in [-0.15, -0.1) is 11.3 Å². The predicted octanol–water partition coefficient (Wildman–Crippen LogP) is 5.65. The van der Waals surface area contributed by atoms with Crippen LogP contribution >= 0.6 is 27.3 Å². The molecule has 1 aliphatic rings. The highest BCUT2D eigenvalue weighted by molar-refractivity contribution is 9.09. The van der Waals surface area contributed by atoms with E-state index < -0.39 is 0 Å². The maximum absolute atomic E-state index is 4.11. The number of hydrogen-bond donors (Lipinski definition) is 0. The van der Waals surface area contributed by atoms with Crippen LogP contribution in [0.3, 0.4) is 0 Å². The Morgan fingerprint density at radius 1 is 1.15 bits per heavy atom. The molecule has 0 fully saturated rings. The smallest absolute Gasteiger partial charge is 0.0555 e. The van der Waals surface area contributed by atoms with Crippen LogP contribution in [0.5, 0.6) is 0 Å². The van der Waals surface area contributed by atoms with E-state index in [1.54, 1.807) is 10.4 Å². The molecule has 1 nitrogen and oxygen atoms in total. The fraction of sp³-hybridized carbons (Fsp3) is 0.471. The van der Waals surface area contributed by atoms with E-state index in [1.807, 2.05) is 23.7 Å². The van der Waals surface area contributed by atoms with Crippen LogP contribution in [0, 0.1) is 0 Å². The lowest BCUT2D eigenvalue weighted by atomic mass is 9.97. The molecule has 2 heterocycles. The first-order valence-corrected chi connectivity index (χ1v) is 9.14. The van der Waals surface area contributed by atoms with Crippen LogP contribution in [0.15, 0.2) is 30.6 Å². The Morgan fingerprint density at radius 3 is 2.70 bits per heavy atom. The molecule has 0 bridgehead atoms. The third kappa shape index (κ3) is 2.99. The number of nitrogens with zero attached hydrogens (tertiary/aromatic N) is 1. The van der Waals surface area contributed by atoms with Gasteiger partial charge in [0.1, 0.15) is 0 Å². The van der Waals surface area contributed by atoms with E-state index in [-0.39, 0.29) is 0 Å². The van der Waals surface area contributed by atoms with Gasteiger partial charge in [-0.2, -0.15) is 0 Å². The minimum atomic E-state index is 0.404. The summed E-state index contributed by atoms with van der Waals surface area (Å²) in [6.45, 7) is 2.29. The van der Waals surface area contributed by atoms with Crippen LogP contribution in [0.2, 0.25) is 0 Å². The van der Waals surface area contributed by atoms with Gasteiger partial charge in [0.2, 0.25) is 0 Å². The number of fused-ring (bicyclic) bond motifs is 1. The monoisotopic (exact) mass is 349 g/mol. The summed E-state index contributed by atoms with van der Waals surface area (Å²) in [5.41, 5.74) is 2.96. The Morgan fingerprint density at radius 2 is 1.90 bits per heavy atom. The van der Waals surface area contributed by atoms with Gasteiger partial charge in [0, 0.05) is 22.1 Å². The van der Waals surface area contributed by atoms with Crippen LogP contribution in [-0.4, -0.2) is 4.98 Å². The number of alkyl halides is 1. The molecule has 0 N–H and O–H groups in total. The largest absolute Gasteiger partial charge is 0.265 e. The number of hydrogen-bond acceptors (Lipinski definition) is 2. The third-order valence-electron chi connectivity index (χ3n) is 4.21. The summed E-state index contributed by atoms with van der Waals surface area (Å²) in [6.07, 6.45) is 10.4. The summed E-state index contributed by atoms with van der Waals surface area (Å²) in [5, 5.41) is 0. The second-order valence-corrected chi connectivity index (χ2v) is 7.78. The van der Waals surface area contributed by atoms with Gasteiger partial charge >= 0.3 is 0 Å². The normalized spacial score (nSPS) is 18.1. The summed E-state index contributed by atoms with van der Waals surface area (Å²) < 4.78 is 0. The number of halogens is 1. The van der Waals surface area contributed by atoms with Crippen molar-refractivity contribution in [3.8, 4) is 0 Å². The van der Waals surface area contributed by atoms with Crippen molar-refractivity contribution in [1.82, 2.24) is 4.98 Å². The van der Waals surface area contributed by atoms with E-state index in [0.29, 0.717) is 10.7 Å².